The van der Waals surface area contributed by atoms with Gasteiger partial charge in [0.1, 0.15) is 0 Å². The predicted molar refractivity (Wildman–Crippen MR) is 130 cm³/mol. The van der Waals surface area contributed by atoms with Crippen molar-refractivity contribution in [1.82, 2.24) is 20.1 Å². The average molecular weight is 547 g/mol. The van der Waals surface area contributed by atoms with Crippen LogP contribution in [0.4, 0.5) is 0 Å². The number of nitrogens with two attached hydrogens (primary N) is 1. The topological polar surface area (TPSA) is 105 Å². The van der Waals surface area contributed by atoms with E-state index in [4.69, 9.17) is 17.3 Å². The fourth-order valence-electron chi connectivity index (χ4n) is 2.71. The van der Waals surface area contributed by atoms with Crippen LogP contribution in [-0.4, -0.2) is 47.4 Å². The second-order valence-electron chi connectivity index (χ2n) is 6.63. The minimum absolute atomic E-state index is 0. The molecular formula is C20H28ClIN6O2. The van der Waals surface area contributed by atoms with Gasteiger partial charge in [0.2, 0.25) is 5.91 Å². The number of carbonyl (C=O) groups excluding carboxylic acids is 2. The number of primary amides is 1. The molecule has 2 amide bonds. The number of aliphatic imine (C=N–C) groups is 1. The predicted octanol–water partition coefficient (Wildman–Crippen LogP) is 2.11. The Morgan fingerprint density at radius 3 is 2.43 bits per heavy atom. The van der Waals surface area contributed by atoms with Crippen molar-refractivity contribution in [3.8, 4) is 0 Å². The summed E-state index contributed by atoms with van der Waals surface area (Å²) in [6, 6.07) is 9.00. The van der Waals surface area contributed by atoms with Crippen molar-refractivity contribution < 1.29 is 9.59 Å². The summed E-state index contributed by atoms with van der Waals surface area (Å²) in [5.74, 6) is -0.150. The van der Waals surface area contributed by atoms with Gasteiger partial charge in [0.15, 0.2) is 5.96 Å². The van der Waals surface area contributed by atoms with Gasteiger partial charge in [-0.15, -0.1) is 24.0 Å². The number of amides is 2. The Morgan fingerprint density at radius 2 is 1.90 bits per heavy atom. The number of aryl methyl sites for hydroxylation is 1. The molecule has 2 aromatic rings. The molecule has 0 spiro atoms. The molecule has 0 saturated heterocycles. The lowest BCUT2D eigenvalue weighted by Gasteiger charge is -2.22. The van der Waals surface area contributed by atoms with Crippen LogP contribution in [0.1, 0.15) is 28.5 Å². The van der Waals surface area contributed by atoms with Crippen molar-refractivity contribution in [1.29, 1.82) is 0 Å². The molecule has 1 heterocycles. The van der Waals surface area contributed by atoms with Crippen LogP contribution < -0.4 is 16.4 Å². The minimum atomic E-state index is -0.581. The van der Waals surface area contributed by atoms with Gasteiger partial charge >= 0.3 is 0 Å². The first-order chi connectivity index (χ1) is 13.8. The average Bonchev–Trinajstić information content (AvgIpc) is 3.00. The van der Waals surface area contributed by atoms with Crippen LogP contribution in [0.15, 0.2) is 41.5 Å². The summed E-state index contributed by atoms with van der Waals surface area (Å²) in [5, 5.41) is 6.45. The van der Waals surface area contributed by atoms with E-state index in [0.717, 1.165) is 23.8 Å². The highest BCUT2D eigenvalue weighted by molar-refractivity contribution is 14.0. The quantitative estimate of drug-likeness (QED) is 0.268. The minimum Gasteiger partial charge on any atom is -0.368 e. The molecule has 1 aromatic heterocycles. The van der Waals surface area contributed by atoms with E-state index in [9.17, 15) is 9.59 Å². The van der Waals surface area contributed by atoms with E-state index in [1.165, 1.54) is 0 Å². The van der Waals surface area contributed by atoms with Crippen LogP contribution in [0.3, 0.4) is 0 Å². The molecule has 0 aliphatic heterocycles. The number of benzene rings is 1. The molecule has 0 bridgehead atoms. The highest BCUT2D eigenvalue weighted by Gasteiger charge is 2.10. The zero-order valence-electron chi connectivity index (χ0n) is 17.3. The number of carbonyl (C=O) groups is 2. The molecule has 0 unspecified atom stereocenters. The molecule has 0 saturated carbocycles. The van der Waals surface area contributed by atoms with Crippen molar-refractivity contribution in [3.63, 3.8) is 0 Å². The SMILES string of the molecule is CCNC(=NCc1ccc(C(=O)NCC(N)=O)cc1)N(C)Cc1cc(Cl)cn1C.I. The van der Waals surface area contributed by atoms with Crippen LogP contribution in [0.5, 0.6) is 0 Å². The molecule has 4 N–H and O–H groups in total. The zero-order valence-corrected chi connectivity index (χ0v) is 20.4. The van der Waals surface area contributed by atoms with Gasteiger partial charge in [-0.25, -0.2) is 4.99 Å². The first kappa shape index (κ1) is 25.8. The molecule has 10 heteroatoms. The van der Waals surface area contributed by atoms with Crippen molar-refractivity contribution in [3.05, 3.63) is 58.4 Å². The largest absolute Gasteiger partial charge is 0.368 e. The van der Waals surface area contributed by atoms with Gasteiger partial charge < -0.3 is 25.8 Å². The molecule has 164 valence electrons. The fraction of sp³-hybridized carbons (Fsp3) is 0.350. The van der Waals surface area contributed by atoms with Gasteiger partial charge in [0, 0.05) is 38.1 Å². The van der Waals surface area contributed by atoms with Crippen molar-refractivity contribution in [2.75, 3.05) is 20.1 Å². The second kappa shape index (κ2) is 12.4. The van der Waals surface area contributed by atoms with Crippen molar-refractivity contribution >= 4 is 53.4 Å². The normalized spacial score (nSPS) is 10.9. The number of aromatic nitrogens is 1. The number of guanidine groups is 1. The Bertz CT molecular complexity index is 882. The Morgan fingerprint density at radius 1 is 1.23 bits per heavy atom. The summed E-state index contributed by atoms with van der Waals surface area (Å²) in [6.45, 7) is 3.70. The smallest absolute Gasteiger partial charge is 0.251 e. The van der Waals surface area contributed by atoms with Gasteiger partial charge in [-0.1, -0.05) is 23.7 Å². The molecule has 30 heavy (non-hydrogen) atoms. The van der Waals surface area contributed by atoms with Gasteiger partial charge in [0.05, 0.1) is 24.7 Å². The molecule has 0 aliphatic rings. The van der Waals surface area contributed by atoms with Gasteiger partial charge in [-0.2, -0.15) is 0 Å². The lowest BCUT2D eigenvalue weighted by molar-refractivity contribution is -0.117. The van der Waals surface area contributed by atoms with Crippen molar-refractivity contribution in [2.24, 2.45) is 17.8 Å². The number of hydrogen-bond donors (Lipinski definition) is 3. The zero-order chi connectivity index (χ0) is 21.4. The number of hydrogen-bond acceptors (Lipinski definition) is 3. The van der Waals surface area contributed by atoms with Gasteiger partial charge in [-0.3, -0.25) is 9.59 Å². The summed E-state index contributed by atoms with van der Waals surface area (Å²) in [7, 11) is 3.93. The number of rotatable bonds is 8. The lowest BCUT2D eigenvalue weighted by Crippen LogP contribution is -2.38. The third-order valence-electron chi connectivity index (χ3n) is 4.22. The van der Waals surface area contributed by atoms with Gasteiger partial charge in [0.25, 0.3) is 5.91 Å². The van der Waals surface area contributed by atoms with Crippen LogP contribution in [-0.2, 0) is 24.9 Å². The molecule has 0 fully saturated rings. The lowest BCUT2D eigenvalue weighted by atomic mass is 10.1. The monoisotopic (exact) mass is 546 g/mol. The molecule has 8 nitrogen and oxygen atoms in total. The molecular weight excluding hydrogens is 519 g/mol. The maximum absolute atomic E-state index is 11.9. The maximum Gasteiger partial charge on any atom is 0.251 e. The van der Waals surface area contributed by atoms with E-state index in [1.807, 2.05) is 54.9 Å². The summed E-state index contributed by atoms with van der Waals surface area (Å²) in [4.78, 5) is 29.4. The maximum atomic E-state index is 11.9. The van der Waals surface area contributed by atoms with Gasteiger partial charge in [-0.05, 0) is 30.7 Å². The fourth-order valence-corrected chi connectivity index (χ4v) is 2.98. The third kappa shape index (κ3) is 7.86. The van der Waals surface area contributed by atoms with E-state index in [0.29, 0.717) is 23.7 Å². The van der Waals surface area contributed by atoms with E-state index < -0.39 is 5.91 Å². The Labute approximate surface area is 198 Å². The summed E-state index contributed by atoms with van der Waals surface area (Å²) >= 11 is 6.06. The van der Waals surface area contributed by atoms with E-state index >= 15 is 0 Å². The van der Waals surface area contributed by atoms with Crippen LogP contribution in [0.2, 0.25) is 5.02 Å². The van der Waals surface area contributed by atoms with Crippen LogP contribution in [0.25, 0.3) is 0 Å². The number of halogens is 2. The highest BCUT2D eigenvalue weighted by Crippen LogP contribution is 2.14. The first-order valence-electron chi connectivity index (χ1n) is 9.25. The first-order valence-corrected chi connectivity index (χ1v) is 9.63. The Balaban J connectivity index is 0.00000450. The summed E-state index contributed by atoms with van der Waals surface area (Å²) in [5.41, 5.74) is 7.53. The summed E-state index contributed by atoms with van der Waals surface area (Å²) in [6.07, 6.45) is 1.87. The molecule has 0 atom stereocenters. The summed E-state index contributed by atoms with van der Waals surface area (Å²) < 4.78 is 1.99. The van der Waals surface area contributed by atoms with E-state index in [-0.39, 0.29) is 36.4 Å². The molecule has 2 rings (SSSR count). The molecule has 0 aliphatic carbocycles. The third-order valence-corrected chi connectivity index (χ3v) is 4.43. The van der Waals surface area contributed by atoms with E-state index in [1.54, 1.807) is 12.1 Å². The van der Waals surface area contributed by atoms with Crippen molar-refractivity contribution in [2.45, 2.75) is 20.0 Å². The number of nitrogens with zero attached hydrogens (tertiary/aromatic N) is 3. The Hall–Kier alpha value is -2.27. The Kier molecular flexibility index (Phi) is 10.7. The van der Waals surface area contributed by atoms with Crippen LogP contribution in [0, 0.1) is 0 Å². The standard InChI is InChI=1S/C20H27ClN6O2.HI/c1-4-23-20(27(3)13-17-9-16(21)12-26(17)2)25-10-14-5-7-15(8-6-14)19(29)24-11-18(22)28;/h5-9,12H,4,10-11,13H2,1-3H3,(H2,22,28)(H,23,25)(H,24,29);1H. The highest BCUT2D eigenvalue weighted by atomic mass is 127. The number of nitrogens with one attached hydrogen (secondary N) is 2. The molecule has 0 radical (unpaired) electrons. The second-order valence-corrected chi connectivity index (χ2v) is 7.07. The molecule has 1 aromatic carbocycles. The van der Waals surface area contributed by atoms with E-state index in [2.05, 4.69) is 15.6 Å². The van der Waals surface area contributed by atoms with Crippen LogP contribution >= 0.6 is 35.6 Å².